The standard InChI is InChI=1S/C21H20N2O3S/c1-23(14-20(24)22-17-8-4-6-10-19(17)27-2)21(25)12-11-16-13-15-7-3-5-9-18(15)26-16/h3-13H,14H2,1-2H3,(H,22,24)/b12-11+. The minimum absolute atomic E-state index is 0.0357. The van der Waals surface area contributed by atoms with E-state index in [4.69, 9.17) is 4.42 Å². The highest BCUT2D eigenvalue weighted by Gasteiger charge is 2.12. The second-order valence-electron chi connectivity index (χ2n) is 5.96. The number of nitrogens with one attached hydrogen (secondary N) is 1. The van der Waals surface area contributed by atoms with E-state index in [9.17, 15) is 9.59 Å². The second kappa shape index (κ2) is 8.60. The molecular weight excluding hydrogens is 360 g/mol. The molecule has 0 radical (unpaired) electrons. The van der Waals surface area contributed by atoms with E-state index < -0.39 is 0 Å². The largest absolute Gasteiger partial charge is 0.457 e. The van der Waals surface area contributed by atoms with Crippen LogP contribution in [-0.2, 0) is 9.59 Å². The number of likely N-dealkylation sites (N-methyl/N-ethyl adjacent to an activating group) is 1. The molecule has 6 heteroatoms. The highest BCUT2D eigenvalue weighted by atomic mass is 32.2. The number of hydrogen-bond donors (Lipinski definition) is 1. The topological polar surface area (TPSA) is 62.6 Å². The Morgan fingerprint density at radius 1 is 1.15 bits per heavy atom. The Morgan fingerprint density at radius 3 is 2.67 bits per heavy atom. The normalized spacial score (nSPS) is 11.0. The summed E-state index contributed by atoms with van der Waals surface area (Å²) in [6.07, 6.45) is 4.96. The van der Waals surface area contributed by atoms with E-state index in [-0.39, 0.29) is 18.4 Å². The van der Waals surface area contributed by atoms with Crippen LogP contribution in [0, 0.1) is 0 Å². The Bertz CT molecular complexity index is 961. The highest BCUT2D eigenvalue weighted by Crippen LogP contribution is 2.24. The van der Waals surface area contributed by atoms with Crippen LogP contribution in [0.25, 0.3) is 17.0 Å². The number of amides is 2. The van der Waals surface area contributed by atoms with Crippen LogP contribution in [0.15, 0.2) is 70.0 Å². The van der Waals surface area contributed by atoms with Gasteiger partial charge in [0.2, 0.25) is 11.8 Å². The van der Waals surface area contributed by atoms with Crippen molar-refractivity contribution in [2.75, 3.05) is 25.2 Å². The molecule has 1 aromatic heterocycles. The lowest BCUT2D eigenvalue weighted by atomic mass is 10.2. The summed E-state index contributed by atoms with van der Waals surface area (Å²) in [5.41, 5.74) is 1.51. The molecule has 0 saturated carbocycles. The second-order valence-corrected chi connectivity index (χ2v) is 6.81. The fourth-order valence-electron chi connectivity index (χ4n) is 2.60. The smallest absolute Gasteiger partial charge is 0.246 e. The number of para-hydroxylation sites is 2. The van der Waals surface area contributed by atoms with Crippen molar-refractivity contribution in [3.05, 3.63) is 66.4 Å². The van der Waals surface area contributed by atoms with Crippen molar-refractivity contribution in [3.8, 4) is 0 Å². The average molecular weight is 380 g/mol. The van der Waals surface area contributed by atoms with Crippen molar-refractivity contribution in [2.24, 2.45) is 0 Å². The van der Waals surface area contributed by atoms with Gasteiger partial charge in [0.15, 0.2) is 0 Å². The number of furan rings is 1. The van der Waals surface area contributed by atoms with E-state index in [1.807, 2.05) is 60.9 Å². The number of nitrogens with zero attached hydrogens (tertiary/aromatic N) is 1. The van der Waals surface area contributed by atoms with Crippen molar-refractivity contribution in [3.63, 3.8) is 0 Å². The first-order valence-electron chi connectivity index (χ1n) is 8.41. The van der Waals surface area contributed by atoms with Crippen LogP contribution < -0.4 is 5.32 Å². The van der Waals surface area contributed by atoms with Crippen molar-refractivity contribution in [2.45, 2.75) is 4.90 Å². The molecule has 3 aromatic rings. The summed E-state index contributed by atoms with van der Waals surface area (Å²) in [6, 6.07) is 17.1. The highest BCUT2D eigenvalue weighted by molar-refractivity contribution is 7.98. The average Bonchev–Trinajstić information content (AvgIpc) is 3.09. The molecule has 0 aliphatic carbocycles. The van der Waals surface area contributed by atoms with Crippen molar-refractivity contribution in [1.29, 1.82) is 0 Å². The van der Waals surface area contributed by atoms with E-state index in [0.717, 1.165) is 21.6 Å². The van der Waals surface area contributed by atoms with Crippen molar-refractivity contribution < 1.29 is 14.0 Å². The molecule has 3 rings (SSSR count). The number of fused-ring (bicyclic) bond motifs is 1. The monoisotopic (exact) mass is 380 g/mol. The van der Waals surface area contributed by atoms with E-state index in [1.165, 1.54) is 11.0 Å². The summed E-state index contributed by atoms with van der Waals surface area (Å²) in [7, 11) is 1.59. The minimum Gasteiger partial charge on any atom is -0.457 e. The Kier molecular flexibility index (Phi) is 5.98. The van der Waals surface area contributed by atoms with Crippen LogP contribution in [0.1, 0.15) is 5.76 Å². The van der Waals surface area contributed by atoms with Crippen LogP contribution in [0.2, 0.25) is 0 Å². The van der Waals surface area contributed by atoms with Crippen LogP contribution in [0.3, 0.4) is 0 Å². The van der Waals surface area contributed by atoms with Crippen LogP contribution in [0.4, 0.5) is 5.69 Å². The van der Waals surface area contributed by atoms with E-state index in [2.05, 4.69) is 5.32 Å². The molecule has 0 atom stereocenters. The summed E-state index contributed by atoms with van der Waals surface area (Å²) in [4.78, 5) is 26.8. The van der Waals surface area contributed by atoms with E-state index in [0.29, 0.717) is 5.76 Å². The van der Waals surface area contributed by atoms with Gasteiger partial charge in [0, 0.05) is 23.4 Å². The third-order valence-electron chi connectivity index (χ3n) is 3.97. The van der Waals surface area contributed by atoms with Crippen LogP contribution in [-0.4, -0.2) is 36.6 Å². The lowest BCUT2D eigenvalue weighted by molar-refractivity contribution is -0.129. The summed E-state index contributed by atoms with van der Waals surface area (Å²) in [6.45, 7) is -0.0357. The molecule has 1 N–H and O–H groups in total. The zero-order chi connectivity index (χ0) is 19.2. The molecule has 2 aromatic carbocycles. The van der Waals surface area contributed by atoms with Gasteiger partial charge in [-0.1, -0.05) is 30.3 Å². The fraction of sp³-hybridized carbons (Fsp3) is 0.143. The lowest BCUT2D eigenvalue weighted by Crippen LogP contribution is -2.33. The van der Waals surface area contributed by atoms with Crippen LogP contribution >= 0.6 is 11.8 Å². The number of carbonyl (C=O) groups is 2. The van der Waals surface area contributed by atoms with Gasteiger partial charge in [0.1, 0.15) is 11.3 Å². The van der Waals surface area contributed by atoms with Crippen LogP contribution in [0.5, 0.6) is 0 Å². The van der Waals surface area contributed by atoms with Gasteiger partial charge in [-0.2, -0.15) is 0 Å². The van der Waals surface area contributed by atoms with Gasteiger partial charge in [0.05, 0.1) is 12.2 Å². The maximum absolute atomic E-state index is 12.3. The minimum atomic E-state index is -0.274. The van der Waals surface area contributed by atoms with Gasteiger partial charge in [-0.05, 0) is 36.6 Å². The molecule has 2 amide bonds. The molecule has 0 unspecified atom stereocenters. The van der Waals surface area contributed by atoms with Gasteiger partial charge in [-0.25, -0.2) is 0 Å². The maximum Gasteiger partial charge on any atom is 0.246 e. The molecule has 27 heavy (non-hydrogen) atoms. The Morgan fingerprint density at radius 2 is 1.89 bits per heavy atom. The quantitative estimate of drug-likeness (QED) is 0.513. The molecular formula is C21H20N2O3S. The Labute approximate surface area is 162 Å². The molecule has 0 spiro atoms. The zero-order valence-corrected chi connectivity index (χ0v) is 16.0. The molecule has 0 saturated heterocycles. The molecule has 138 valence electrons. The van der Waals surface area contributed by atoms with Gasteiger partial charge in [-0.15, -0.1) is 11.8 Å². The van der Waals surface area contributed by atoms with Gasteiger partial charge >= 0.3 is 0 Å². The summed E-state index contributed by atoms with van der Waals surface area (Å²) in [5.74, 6) is 0.0737. The first-order chi connectivity index (χ1) is 13.1. The number of thioether (sulfide) groups is 1. The summed E-state index contributed by atoms with van der Waals surface area (Å²) < 4.78 is 5.64. The van der Waals surface area contributed by atoms with Gasteiger partial charge in [0.25, 0.3) is 0 Å². The fourth-order valence-corrected chi connectivity index (χ4v) is 3.15. The predicted octanol–water partition coefficient (Wildman–Crippen LogP) is 4.27. The third kappa shape index (κ3) is 4.80. The predicted molar refractivity (Wildman–Crippen MR) is 110 cm³/mol. The van der Waals surface area contributed by atoms with Gasteiger partial charge < -0.3 is 14.6 Å². The molecule has 5 nitrogen and oxygen atoms in total. The number of carbonyl (C=O) groups excluding carboxylic acids is 2. The number of rotatable bonds is 6. The third-order valence-corrected chi connectivity index (χ3v) is 4.77. The van der Waals surface area contributed by atoms with Gasteiger partial charge in [-0.3, -0.25) is 9.59 Å². The summed E-state index contributed by atoms with van der Waals surface area (Å²) >= 11 is 1.55. The SMILES string of the molecule is CSc1ccccc1NC(=O)CN(C)C(=O)/C=C/c1cc2ccccc2o1. The summed E-state index contributed by atoms with van der Waals surface area (Å²) in [5, 5.41) is 3.82. The maximum atomic E-state index is 12.3. The first-order valence-corrected chi connectivity index (χ1v) is 9.64. The lowest BCUT2D eigenvalue weighted by Gasteiger charge is -2.15. The first kappa shape index (κ1) is 18.8. The van der Waals surface area contributed by atoms with Crippen molar-refractivity contribution in [1.82, 2.24) is 4.90 Å². The Balaban J connectivity index is 1.59. The van der Waals surface area contributed by atoms with E-state index >= 15 is 0 Å². The zero-order valence-electron chi connectivity index (χ0n) is 15.1. The molecule has 0 fully saturated rings. The van der Waals surface area contributed by atoms with Crippen molar-refractivity contribution >= 4 is 46.3 Å². The Hall–Kier alpha value is -2.99. The molecule has 0 bridgehead atoms. The molecule has 0 aliphatic rings. The molecule has 1 heterocycles. The number of anilines is 1. The van der Waals surface area contributed by atoms with E-state index in [1.54, 1.807) is 24.9 Å². The number of hydrogen-bond acceptors (Lipinski definition) is 4. The number of benzene rings is 2. The molecule has 0 aliphatic heterocycles.